The predicted molar refractivity (Wildman–Crippen MR) is 373 cm³/mol. The number of ether oxygens (including phenoxy) is 4. The molecule has 0 amide bonds. The Morgan fingerprint density at radius 2 is 0.523 bits per heavy atom. The molecule has 0 atom stereocenters. The summed E-state index contributed by atoms with van der Waals surface area (Å²) in [6, 6.07) is 60.3. The van der Waals surface area contributed by atoms with Crippen molar-refractivity contribution >= 4 is 16.3 Å². The van der Waals surface area contributed by atoms with Gasteiger partial charge < -0.3 is 28.0 Å². The van der Waals surface area contributed by atoms with Gasteiger partial charge in [-0.2, -0.15) is 0 Å². The largest absolute Gasteiger partial charge is 0.496 e. The number of methoxy groups -OCH3 is 4. The van der Waals surface area contributed by atoms with Gasteiger partial charge in [0.2, 0.25) is 0 Å². The summed E-state index contributed by atoms with van der Waals surface area (Å²) < 4.78 is 40.6. The standard InChI is InChI=1S/C50H64O4P2.C30H30O2/c1-51-45-35-33-43(37-21-9-3-10-22-37)49(53-55(39-25-13-5-14-26-39)40-27-15-6-16-28-40)47(45)48-46(52-2)36-34-44(38-23-11-4-12-24-38)50(48)54-56(41-29-17-7-18-30-41)42-31-19-8-20-32-42;1-5-23-25(21-13-9-7-10-14-21)17-19-27(31-3)29(23)30-24(6-2)26(18-20-28(30)32-4)22-15-11-8-12-16-22/h3-4,9-12,21-24,33-36,39-42H,5-8,13-20,25-32H2,1-2H3;7-20H,5-6H2,1-4H3. The molecule has 4 fully saturated rings. The van der Waals surface area contributed by atoms with Crippen LogP contribution in [-0.4, -0.2) is 51.1 Å². The van der Waals surface area contributed by atoms with E-state index in [2.05, 4.69) is 184 Å². The zero-order valence-corrected chi connectivity index (χ0v) is 55.2. The highest BCUT2D eigenvalue weighted by Gasteiger charge is 2.39. The quantitative estimate of drug-likeness (QED) is 0.0709. The highest BCUT2D eigenvalue weighted by atomic mass is 31.1. The summed E-state index contributed by atoms with van der Waals surface area (Å²) in [5.41, 5.74) is 18.7. The Hall–Kier alpha value is -6.58. The lowest BCUT2D eigenvalue weighted by Gasteiger charge is -2.39. The van der Waals surface area contributed by atoms with Crippen molar-refractivity contribution < 1.29 is 28.0 Å². The monoisotopic (exact) mass is 1210 g/mol. The van der Waals surface area contributed by atoms with Gasteiger partial charge in [-0.1, -0.05) is 224 Å². The number of hydrogen-bond acceptors (Lipinski definition) is 6. The van der Waals surface area contributed by atoms with Gasteiger partial charge in [-0.15, -0.1) is 0 Å². The summed E-state index contributed by atoms with van der Waals surface area (Å²) >= 11 is 0. The Kier molecular flexibility index (Phi) is 22.4. The van der Waals surface area contributed by atoms with Crippen molar-refractivity contribution in [3.8, 4) is 101 Å². The summed E-state index contributed by atoms with van der Waals surface area (Å²) in [6.07, 6.45) is 27.9. The van der Waals surface area contributed by atoms with Crippen LogP contribution in [0.2, 0.25) is 0 Å². The smallest absolute Gasteiger partial charge is 0.142 e. The van der Waals surface area contributed by atoms with Gasteiger partial charge in [-0.05, 0) is 145 Å². The second-order valence-electron chi connectivity index (χ2n) is 24.6. The Morgan fingerprint density at radius 1 is 0.284 bits per heavy atom. The van der Waals surface area contributed by atoms with E-state index < -0.39 is 16.3 Å². The molecule has 4 saturated carbocycles. The predicted octanol–water partition coefficient (Wildman–Crippen LogP) is 23.4. The average molecular weight is 1210 g/mol. The Bertz CT molecular complexity index is 3210. The van der Waals surface area contributed by atoms with E-state index in [1.165, 1.54) is 173 Å². The van der Waals surface area contributed by atoms with Crippen LogP contribution in [0.25, 0.3) is 66.8 Å². The van der Waals surface area contributed by atoms with Gasteiger partial charge in [0.25, 0.3) is 0 Å². The van der Waals surface area contributed by atoms with E-state index >= 15 is 0 Å². The number of rotatable bonds is 20. The van der Waals surface area contributed by atoms with Crippen LogP contribution in [0.5, 0.6) is 34.5 Å². The second-order valence-corrected chi connectivity index (χ2v) is 29.3. The lowest BCUT2D eigenvalue weighted by atomic mass is 9.84. The van der Waals surface area contributed by atoms with Crippen molar-refractivity contribution in [1.29, 1.82) is 0 Å². The summed E-state index contributed by atoms with van der Waals surface area (Å²) in [4.78, 5) is 0. The van der Waals surface area contributed by atoms with Crippen LogP contribution >= 0.6 is 16.3 Å². The van der Waals surface area contributed by atoms with E-state index in [9.17, 15) is 0 Å². The van der Waals surface area contributed by atoms with E-state index in [-0.39, 0.29) is 0 Å². The molecule has 0 heterocycles. The molecule has 0 N–H and O–H groups in total. The molecular formula is C80H94O6P2. The van der Waals surface area contributed by atoms with Gasteiger partial charge >= 0.3 is 0 Å². The number of benzene rings is 8. The molecule has 0 unspecified atom stereocenters. The molecule has 0 bridgehead atoms. The van der Waals surface area contributed by atoms with Crippen molar-refractivity contribution in [1.82, 2.24) is 0 Å². The van der Waals surface area contributed by atoms with Gasteiger partial charge in [-0.3, -0.25) is 0 Å². The summed E-state index contributed by atoms with van der Waals surface area (Å²) in [5.74, 6) is 5.28. The molecule has 0 aromatic heterocycles. The first-order valence-corrected chi connectivity index (χ1v) is 36.2. The molecule has 0 radical (unpaired) electrons. The molecule has 8 aromatic carbocycles. The molecule has 0 aliphatic heterocycles. The highest BCUT2D eigenvalue weighted by Crippen LogP contribution is 2.64. The van der Waals surface area contributed by atoms with Crippen molar-refractivity contribution in [3.05, 3.63) is 181 Å². The van der Waals surface area contributed by atoms with Crippen LogP contribution in [0, 0.1) is 0 Å². The minimum absolute atomic E-state index is 0.614. The summed E-state index contributed by atoms with van der Waals surface area (Å²) in [5, 5.41) is 0. The van der Waals surface area contributed by atoms with Crippen molar-refractivity contribution in [2.75, 3.05) is 28.4 Å². The van der Waals surface area contributed by atoms with E-state index in [4.69, 9.17) is 28.0 Å². The summed E-state index contributed by atoms with van der Waals surface area (Å²) in [6.45, 7) is 4.42. The molecule has 12 rings (SSSR count). The molecule has 8 aromatic rings. The lowest BCUT2D eigenvalue weighted by Crippen LogP contribution is -2.23. The molecule has 0 saturated heterocycles. The molecule has 4 aliphatic carbocycles. The zero-order valence-electron chi connectivity index (χ0n) is 53.4. The Morgan fingerprint density at radius 3 is 0.773 bits per heavy atom. The van der Waals surface area contributed by atoms with Crippen LogP contribution in [0.3, 0.4) is 0 Å². The molecule has 6 nitrogen and oxygen atoms in total. The first-order chi connectivity index (χ1) is 43.5. The normalized spacial score (nSPS) is 16.2. The number of hydrogen-bond donors (Lipinski definition) is 0. The molecule has 460 valence electrons. The minimum atomic E-state index is -0.749. The van der Waals surface area contributed by atoms with Gasteiger partial charge in [0, 0.05) is 44.9 Å². The van der Waals surface area contributed by atoms with E-state index in [0.717, 1.165) is 80.7 Å². The molecule has 4 aliphatic rings. The maximum absolute atomic E-state index is 7.92. The third-order valence-electron chi connectivity index (χ3n) is 19.3. The third-order valence-corrected chi connectivity index (χ3v) is 25.1. The topological polar surface area (TPSA) is 55.4 Å². The maximum atomic E-state index is 7.92. The first kappa shape index (κ1) is 63.0. The van der Waals surface area contributed by atoms with E-state index in [0.29, 0.717) is 22.6 Å². The fourth-order valence-corrected chi connectivity index (χ4v) is 21.0. The van der Waals surface area contributed by atoms with Gasteiger partial charge in [0.15, 0.2) is 0 Å². The van der Waals surface area contributed by atoms with Crippen LogP contribution in [0.15, 0.2) is 170 Å². The van der Waals surface area contributed by atoms with E-state index in [1.807, 2.05) is 14.2 Å². The third kappa shape index (κ3) is 14.2. The van der Waals surface area contributed by atoms with Gasteiger partial charge in [0.05, 0.1) is 55.9 Å². The zero-order chi connectivity index (χ0) is 60.6. The SMILES string of the molecule is CCc1c(-c2ccccc2)ccc(OC)c1-c1c(OC)ccc(-c2ccccc2)c1CC.COc1ccc(-c2ccccc2)c(OP(C2CCCCC2)C2CCCCC2)c1-c1c(OC)ccc(-c2ccccc2)c1OP(C1CCCCC1)C1CCCCC1. The van der Waals surface area contributed by atoms with Crippen LogP contribution in [0.4, 0.5) is 0 Å². The first-order valence-electron chi connectivity index (χ1n) is 33.4. The highest BCUT2D eigenvalue weighted by molar-refractivity contribution is 7.55. The molecule has 0 spiro atoms. The van der Waals surface area contributed by atoms with Crippen molar-refractivity contribution in [2.24, 2.45) is 0 Å². The lowest BCUT2D eigenvalue weighted by molar-refractivity contribution is 0.405. The Balaban J connectivity index is 0.000000212. The van der Waals surface area contributed by atoms with Crippen LogP contribution < -0.4 is 28.0 Å². The summed E-state index contributed by atoms with van der Waals surface area (Å²) in [7, 11) is 5.64. The van der Waals surface area contributed by atoms with Gasteiger partial charge in [0.1, 0.15) is 34.5 Å². The molecule has 88 heavy (non-hydrogen) atoms. The van der Waals surface area contributed by atoms with Crippen molar-refractivity contribution in [3.63, 3.8) is 0 Å². The average Bonchev–Trinajstić information content (AvgIpc) is 1.17. The fraction of sp³-hybridized carbons (Fsp3) is 0.400. The Labute approximate surface area is 529 Å². The minimum Gasteiger partial charge on any atom is -0.496 e. The van der Waals surface area contributed by atoms with Gasteiger partial charge in [-0.25, -0.2) is 0 Å². The van der Waals surface area contributed by atoms with Crippen LogP contribution in [-0.2, 0) is 12.8 Å². The molecule has 8 heteroatoms. The molecular weight excluding hydrogens is 1120 g/mol. The second kappa shape index (κ2) is 31.2. The fourth-order valence-electron chi connectivity index (χ4n) is 14.9. The van der Waals surface area contributed by atoms with E-state index in [1.54, 1.807) is 14.2 Å². The maximum Gasteiger partial charge on any atom is 0.142 e. The van der Waals surface area contributed by atoms with Crippen LogP contribution in [0.1, 0.15) is 153 Å². The van der Waals surface area contributed by atoms with Crippen molar-refractivity contribution in [2.45, 2.75) is 178 Å².